The van der Waals surface area contributed by atoms with E-state index in [0.29, 0.717) is 0 Å². The van der Waals surface area contributed by atoms with Gasteiger partial charge in [-0.25, -0.2) is 0 Å². The van der Waals surface area contributed by atoms with Crippen LogP contribution in [0, 0.1) is 0 Å². The molecular formula is C66H63AlO3. The van der Waals surface area contributed by atoms with Crippen LogP contribution in [0.2, 0.25) is 0 Å². The van der Waals surface area contributed by atoms with Gasteiger partial charge in [-0.2, -0.15) is 0 Å². The summed E-state index contributed by atoms with van der Waals surface area (Å²) < 4.78 is 0. The molecule has 9 rings (SSSR count). The number of rotatable bonds is 12. The number of aryl methyl sites for hydroxylation is 6. The van der Waals surface area contributed by atoms with Crippen molar-refractivity contribution in [2.24, 2.45) is 0 Å². The summed E-state index contributed by atoms with van der Waals surface area (Å²) in [6.45, 7) is 12.8. The van der Waals surface area contributed by atoms with Gasteiger partial charge in [-0.05, 0) is 139 Å². The molecule has 4 heteroatoms. The third-order valence-corrected chi connectivity index (χ3v) is 13.1. The zero-order chi connectivity index (χ0) is 48.7. The second-order valence-electron chi connectivity index (χ2n) is 17.3. The zero-order valence-electron chi connectivity index (χ0n) is 41.6. The van der Waals surface area contributed by atoms with E-state index in [2.05, 4.69) is 114 Å². The molecule has 0 spiro atoms. The molecule has 0 aliphatic rings. The first-order valence-electron chi connectivity index (χ1n) is 24.6. The molecule has 9 aromatic carbocycles. The SMILES string of the molecule is CCc1ccc(-c2cccc(-c3ccc(CC)cc3)c2[O-])cc1.CCc1ccc(-c2cccc(-c3ccc(CC)cc3)c2[O-])cc1.CCc1ccc(-c2cccc(-c3ccc(CC)cc3)c2[O-])cc1.[Al+3]. The Morgan fingerprint density at radius 3 is 0.457 bits per heavy atom. The first-order valence-corrected chi connectivity index (χ1v) is 24.6. The van der Waals surface area contributed by atoms with Crippen LogP contribution in [0.4, 0.5) is 0 Å². The maximum absolute atomic E-state index is 12.9. The van der Waals surface area contributed by atoms with Crippen molar-refractivity contribution in [1.82, 2.24) is 0 Å². The molecule has 0 unspecified atom stereocenters. The average molecular weight is 931 g/mol. The zero-order valence-corrected chi connectivity index (χ0v) is 42.8. The molecule has 348 valence electrons. The number of para-hydroxylation sites is 3. The second-order valence-corrected chi connectivity index (χ2v) is 17.3. The van der Waals surface area contributed by atoms with Gasteiger partial charge >= 0.3 is 17.4 Å². The fourth-order valence-electron chi connectivity index (χ4n) is 8.50. The Labute approximate surface area is 428 Å². The van der Waals surface area contributed by atoms with Gasteiger partial charge < -0.3 is 15.3 Å². The Hall–Kier alpha value is -7.09. The van der Waals surface area contributed by atoms with Crippen LogP contribution >= 0.6 is 0 Å². The Morgan fingerprint density at radius 1 is 0.214 bits per heavy atom. The van der Waals surface area contributed by atoms with E-state index in [1.54, 1.807) is 0 Å². The smallest absolute Gasteiger partial charge is 0.872 e. The normalized spacial score (nSPS) is 10.5. The summed E-state index contributed by atoms with van der Waals surface area (Å²) in [6, 6.07) is 67.0. The summed E-state index contributed by atoms with van der Waals surface area (Å²) in [5, 5.41) is 38.6. The molecule has 0 N–H and O–H groups in total. The molecule has 70 heavy (non-hydrogen) atoms. The first kappa shape index (κ1) is 52.3. The van der Waals surface area contributed by atoms with Crippen LogP contribution in [0.3, 0.4) is 0 Å². The average Bonchev–Trinajstić information content (AvgIpc) is 3.42. The van der Waals surface area contributed by atoms with Crippen molar-refractivity contribution in [3.63, 3.8) is 0 Å². The maximum Gasteiger partial charge on any atom is 3.00 e. The topological polar surface area (TPSA) is 69.2 Å². The molecule has 0 aliphatic carbocycles. The molecule has 0 aromatic heterocycles. The van der Waals surface area contributed by atoms with E-state index < -0.39 is 0 Å². The molecule has 0 amide bonds. The van der Waals surface area contributed by atoms with Crippen molar-refractivity contribution in [3.8, 4) is 84.0 Å². The Balaban J connectivity index is 0.000000171. The minimum atomic E-state index is 0. The third kappa shape index (κ3) is 12.8. The van der Waals surface area contributed by atoms with Crippen LogP contribution < -0.4 is 15.3 Å². The van der Waals surface area contributed by atoms with E-state index in [1.165, 1.54) is 33.4 Å². The number of hydrogen-bond donors (Lipinski definition) is 0. The van der Waals surface area contributed by atoms with Crippen molar-refractivity contribution in [3.05, 3.63) is 234 Å². The molecule has 9 aromatic rings. The largest absolute Gasteiger partial charge is 3.00 e. The molecule has 0 radical (unpaired) electrons. The van der Waals surface area contributed by atoms with Gasteiger partial charge in [-0.3, -0.25) is 0 Å². The molecule has 0 heterocycles. The molecule has 0 bridgehead atoms. The summed E-state index contributed by atoms with van der Waals surface area (Å²) in [5.41, 5.74) is 18.2. The summed E-state index contributed by atoms with van der Waals surface area (Å²) in [5.74, 6) is 0.294. The van der Waals surface area contributed by atoms with Crippen LogP contribution in [0.1, 0.15) is 74.9 Å². The quantitative estimate of drug-likeness (QED) is 0.115. The van der Waals surface area contributed by atoms with Crippen LogP contribution in [0.25, 0.3) is 66.8 Å². The van der Waals surface area contributed by atoms with E-state index >= 15 is 0 Å². The van der Waals surface area contributed by atoms with Gasteiger partial charge in [0, 0.05) is 0 Å². The summed E-state index contributed by atoms with van der Waals surface area (Å²) >= 11 is 0. The van der Waals surface area contributed by atoms with Gasteiger partial charge in [-0.1, -0.05) is 259 Å². The van der Waals surface area contributed by atoms with Gasteiger partial charge in [0.2, 0.25) is 0 Å². The molecule has 3 nitrogen and oxygen atoms in total. The summed E-state index contributed by atoms with van der Waals surface area (Å²) in [6.07, 6.45) is 6.05. The van der Waals surface area contributed by atoms with Gasteiger partial charge in [0.15, 0.2) is 0 Å². The van der Waals surface area contributed by atoms with E-state index in [0.717, 1.165) is 105 Å². The van der Waals surface area contributed by atoms with Crippen LogP contribution in [-0.4, -0.2) is 17.4 Å². The monoisotopic (exact) mass is 930 g/mol. The molecule has 0 atom stereocenters. The predicted molar refractivity (Wildman–Crippen MR) is 292 cm³/mol. The van der Waals surface area contributed by atoms with Crippen molar-refractivity contribution >= 4 is 17.4 Å². The van der Waals surface area contributed by atoms with E-state index in [1.807, 2.05) is 127 Å². The van der Waals surface area contributed by atoms with Crippen molar-refractivity contribution in [2.75, 3.05) is 0 Å². The standard InChI is InChI=1S/3C22H22O.Al/c3*1-3-16-8-12-18(13-9-16)20-6-5-7-21(22(20)23)19-14-10-17(4-2)11-15-19;/h3*5-15,23H,3-4H2,1-2H3;/q;;;+3/p-3. The van der Waals surface area contributed by atoms with E-state index in [4.69, 9.17) is 0 Å². The molecule has 0 fully saturated rings. The summed E-state index contributed by atoms with van der Waals surface area (Å²) in [7, 11) is 0. The molecule has 0 aliphatic heterocycles. The first-order chi connectivity index (χ1) is 33.7. The van der Waals surface area contributed by atoms with E-state index in [9.17, 15) is 15.3 Å². The fraction of sp³-hybridized carbons (Fsp3) is 0.182. The molecular weight excluding hydrogens is 868 g/mol. The van der Waals surface area contributed by atoms with Gasteiger partial charge in [0.05, 0.1) is 0 Å². The second kappa shape index (κ2) is 25.5. The van der Waals surface area contributed by atoms with Crippen molar-refractivity contribution < 1.29 is 15.3 Å². The minimum Gasteiger partial charge on any atom is -0.872 e. The Bertz CT molecular complexity index is 2490. The van der Waals surface area contributed by atoms with Crippen LogP contribution in [-0.2, 0) is 38.5 Å². The van der Waals surface area contributed by atoms with Crippen LogP contribution in [0.5, 0.6) is 17.2 Å². The Kier molecular flexibility index (Phi) is 19.0. The third-order valence-electron chi connectivity index (χ3n) is 13.1. The minimum absolute atomic E-state index is 0. The van der Waals surface area contributed by atoms with Crippen LogP contribution in [0.15, 0.2) is 200 Å². The van der Waals surface area contributed by atoms with Crippen molar-refractivity contribution in [2.45, 2.75) is 80.1 Å². The molecule has 0 saturated heterocycles. The van der Waals surface area contributed by atoms with Gasteiger partial charge in [0.25, 0.3) is 0 Å². The maximum atomic E-state index is 12.9. The van der Waals surface area contributed by atoms with Gasteiger partial charge in [0.1, 0.15) is 0 Å². The molecule has 0 saturated carbocycles. The van der Waals surface area contributed by atoms with E-state index in [-0.39, 0.29) is 34.6 Å². The van der Waals surface area contributed by atoms with Crippen molar-refractivity contribution in [1.29, 1.82) is 0 Å². The van der Waals surface area contributed by atoms with Gasteiger partial charge in [-0.15, -0.1) is 0 Å². The Morgan fingerprint density at radius 2 is 0.343 bits per heavy atom. The fourth-order valence-corrected chi connectivity index (χ4v) is 8.50. The number of benzene rings is 9. The summed E-state index contributed by atoms with van der Waals surface area (Å²) in [4.78, 5) is 0. The predicted octanol–water partition coefficient (Wildman–Crippen LogP) is 15.3. The number of hydrogen-bond acceptors (Lipinski definition) is 3.